The van der Waals surface area contributed by atoms with Crippen molar-refractivity contribution in [3.63, 3.8) is 0 Å². The molecule has 14 heteroatoms. The first-order valence-electron chi connectivity index (χ1n) is 7.91. The van der Waals surface area contributed by atoms with Crippen LogP contribution in [0.2, 0.25) is 0 Å². The summed E-state index contributed by atoms with van der Waals surface area (Å²) in [5, 5.41) is 17.0. The molecule has 2 aliphatic rings. The number of rotatable bonds is 7. The minimum absolute atomic E-state index is 0. The van der Waals surface area contributed by atoms with Gasteiger partial charge in [-0.2, -0.15) is 0 Å². The Morgan fingerprint density at radius 1 is 1.48 bits per heavy atom. The Morgan fingerprint density at radius 2 is 2.21 bits per heavy atom. The van der Waals surface area contributed by atoms with Crippen molar-refractivity contribution < 1.29 is 29.1 Å². The van der Waals surface area contributed by atoms with Crippen LogP contribution >= 0.6 is 23.1 Å². The number of oxime groups is 1. The first kappa shape index (κ1) is 24.3. The second kappa shape index (κ2) is 10.3. The van der Waals surface area contributed by atoms with Crippen LogP contribution in [0, 0.1) is 0 Å². The summed E-state index contributed by atoms with van der Waals surface area (Å²) in [6.07, 6.45) is 0. The first-order valence-corrected chi connectivity index (χ1v) is 9.84. The molecule has 152 valence electrons. The number of aliphatic carboxylic acids is 1. The molecule has 0 spiro atoms. The van der Waals surface area contributed by atoms with Gasteiger partial charge in [0.05, 0.1) is 6.61 Å². The molecule has 1 aromatic heterocycles. The van der Waals surface area contributed by atoms with E-state index in [0.29, 0.717) is 11.3 Å². The number of ether oxygens (including phenoxy) is 1. The number of hydrogen-bond acceptors (Lipinski definition) is 10. The number of thiazole rings is 1. The Hall–Kier alpha value is -1.00. The molecular formula is C15H18KN5O6S2. The fourth-order valence-electron chi connectivity index (χ4n) is 2.87. The number of thioether (sulfide) groups is 1. The van der Waals surface area contributed by atoms with Gasteiger partial charge in [0.15, 0.2) is 10.8 Å². The molecule has 29 heavy (non-hydrogen) atoms. The molecule has 1 fully saturated rings. The molecular weight excluding hydrogens is 449 g/mol. The second-order valence-electron chi connectivity index (χ2n) is 5.74. The third-order valence-corrected chi connectivity index (χ3v) is 6.03. The number of anilines is 1. The maximum atomic E-state index is 12.6. The summed E-state index contributed by atoms with van der Waals surface area (Å²) in [4.78, 5) is 46.7. The summed E-state index contributed by atoms with van der Waals surface area (Å²) in [7, 11) is 2.73. The predicted octanol–water partition coefficient (Wildman–Crippen LogP) is -1.19. The van der Waals surface area contributed by atoms with Crippen LogP contribution in [0.4, 0.5) is 5.13 Å². The number of carboxylic acids is 1. The van der Waals surface area contributed by atoms with Crippen molar-refractivity contribution in [2.24, 2.45) is 5.16 Å². The van der Waals surface area contributed by atoms with E-state index in [2.05, 4.69) is 15.5 Å². The summed E-state index contributed by atoms with van der Waals surface area (Å²) >= 11 is 2.47. The van der Waals surface area contributed by atoms with E-state index in [1.807, 2.05) is 0 Å². The fraction of sp³-hybridized carbons (Fsp3) is 0.400. The predicted molar refractivity (Wildman–Crippen MR) is 109 cm³/mol. The van der Waals surface area contributed by atoms with Gasteiger partial charge in [0, 0.05) is 18.2 Å². The average molecular weight is 468 g/mol. The van der Waals surface area contributed by atoms with E-state index in [-0.39, 0.29) is 80.2 Å². The summed E-state index contributed by atoms with van der Waals surface area (Å²) in [5.74, 6) is -2.03. The zero-order valence-corrected chi connectivity index (χ0v) is 16.5. The number of amides is 2. The summed E-state index contributed by atoms with van der Waals surface area (Å²) < 4.78 is 5.02. The maximum absolute atomic E-state index is 12.6. The van der Waals surface area contributed by atoms with Crippen molar-refractivity contribution in [1.29, 1.82) is 0 Å². The van der Waals surface area contributed by atoms with Gasteiger partial charge in [-0.1, -0.05) is 5.16 Å². The van der Waals surface area contributed by atoms with Gasteiger partial charge in [-0.05, 0) is 5.57 Å². The van der Waals surface area contributed by atoms with Crippen LogP contribution in [-0.4, -0.2) is 128 Å². The molecule has 0 unspecified atom stereocenters. The third-order valence-electron chi connectivity index (χ3n) is 4.02. The third kappa shape index (κ3) is 4.85. The Kier molecular flexibility index (Phi) is 8.66. The van der Waals surface area contributed by atoms with Crippen LogP contribution in [0.25, 0.3) is 0 Å². The number of nitrogen functional groups attached to an aromatic ring is 1. The summed E-state index contributed by atoms with van der Waals surface area (Å²) in [5.41, 5.74) is 6.09. The molecule has 0 aromatic carbocycles. The van der Waals surface area contributed by atoms with Crippen molar-refractivity contribution in [3.8, 4) is 0 Å². The number of nitrogens with two attached hydrogens (primary N) is 1. The van der Waals surface area contributed by atoms with E-state index in [9.17, 15) is 19.5 Å². The second-order valence-corrected chi connectivity index (χ2v) is 7.74. The number of β-lactam (4-membered cyclic amide) rings is 1. The monoisotopic (exact) mass is 467 g/mol. The Labute approximate surface area is 216 Å². The van der Waals surface area contributed by atoms with Crippen LogP contribution in [0.1, 0.15) is 5.69 Å². The standard InChI is InChI=1S/C15H17N5O6S2.K.H/c1-25-3-6-4-27-13-9(12(22)20(13)10(6)14(23)24)18-11(21)8(19-26-2)7-5-28-15(16)17-7;;/h5,9,13H,3-4H2,1-2H3,(H2,16,17)(H,18,21)(H,23,24);;/b19-8-;;/t9-,13-;;/m1../s1. The number of fused-ring (bicyclic) bond motifs is 1. The molecule has 11 nitrogen and oxygen atoms in total. The normalized spacial score (nSPS) is 21.1. The van der Waals surface area contributed by atoms with Crippen molar-refractivity contribution in [3.05, 3.63) is 22.3 Å². The molecule has 3 rings (SSSR count). The summed E-state index contributed by atoms with van der Waals surface area (Å²) in [6, 6.07) is -0.894. The van der Waals surface area contributed by atoms with E-state index < -0.39 is 29.2 Å². The van der Waals surface area contributed by atoms with E-state index >= 15 is 0 Å². The SMILES string of the molecule is COCC1=C(C(=O)O)N2C(=O)[C@@H](NC(=O)/C(=N\OC)c3csc(N)n3)[C@H]2SC1.[KH]. The molecule has 2 amide bonds. The number of nitrogens with one attached hydrogen (secondary N) is 1. The molecule has 0 aliphatic carbocycles. The number of aromatic nitrogens is 1. The molecule has 0 bridgehead atoms. The molecule has 2 aliphatic heterocycles. The number of methoxy groups -OCH3 is 1. The van der Waals surface area contributed by atoms with Gasteiger partial charge >= 0.3 is 57.4 Å². The Morgan fingerprint density at radius 3 is 2.76 bits per heavy atom. The van der Waals surface area contributed by atoms with Gasteiger partial charge in [0.2, 0.25) is 0 Å². The van der Waals surface area contributed by atoms with Gasteiger partial charge in [-0.3, -0.25) is 14.5 Å². The topological polar surface area (TPSA) is 156 Å². The average Bonchev–Trinajstić information content (AvgIpc) is 3.09. The molecule has 2 atom stereocenters. The van der Waals surface area contributed by atoms with Crippen LogP contribution in [0.5, 0.6) is 0 Å². The fourth-order valence-corrected chi connectivity index (χ4v) is 4.75. The van der Waals surface area contributed by atoms with E-state index in [1.54, 1.807) is 5.38 Å². The minimum atomic E-state index is -1.21. The number of carbonyl (C=O) groups is 3. The van der Waals surface area contributed by atoms with Crippen LogP contribution in [-0.2, 0) is 24.0 Å². The molecule has 1 saturated heterocycles. The van der Waals surface area contributed by atoms with Crippen LogP contribution in [0.3, 0.4) is 0 Å². The number of nitrogens with zero attached hydrogens (tertiary/aromatic N) is 3. The van der Waals surface area contributed by atoms with Gasteiger partial charge in [-0.15, -0.1) is 23.1 Å². The summed E-state index contributed by atoms with van der Waals surface area (Å²) in [6.45, 7) is 0.109. The Bertz CT molecular complexity index is 888. The zero-order valence-electron chi connectivity index (χ0n) is 14.9. The van der Waals surface area contributed by atoms with E-state index in [1.165, 1.54) is 30.9 Å². The first-order chi connectivity index (χ1) is 13.4. The van der Waals surface area contributed by atoms with Gasteiger partial charge in [-0.25, -0.2) is 9.78 Å². The van der Waals surface area contributed by atoms with Crippen molar-refractivity contribution in [2.75, 3.05) is 32.3 Å². The Balaban J connectivity index is 0.00000300. The van der Waals surface area contributed by atoms with E-state index in [4.69, 9.17) is 15.3 Å². The van der Waals surface area contributed by atoms with Crippen molar-refractivity contribution >= 4 is 103 Å². The van der Waals surface area contributed by atoms with Gasteiger partial charge < -0.3 is 25.7 Å². The number of carbonyl (C=O) groups excluding carboxylic acids is 2. The zero-order chi connectivity index (χ0) is 20.4. The molecule has 0 saturated carbocycles. The van der Waals surface area contributed by atoms with Crippen molar-refractivity contribution in [2.45, 2.75) is 11.4 Å². The quantitative estimate of drug-likeness (QED) is 0.194. The van der Waals surface area contributed by atoms with Crippen LogP contribution < -0.4 is 11.1 Å². The van der Waals surface area contributed by atoms with Crippen LogP contribution in [0.15, 0.2) is 21.8 Å². The van der Waals surface area contributed by atoms with E-state index in [0.717, 1.165) is 11.3 Å². The van der Waals surface area contributed by atoms with Gasteiger partial charge in [0.25, 0.3) is 11.8 Å². The molecule has 4 N–H and O–H groups in total. The van der Waals surface area contributed by atoms with Crippen molar-refractivity contribution in [1.82, 2.24) is 15.2 Å². The molecule has 0 radical (unpaired) electrons. The molecule has 1 aromatic rings. The number of hydrogen-bond donors (Lipinski definition) is 3. The molecule has 3 heterocycles. The number of carboxylic acid groups (broad SMARTS) is 1. The van der Waals surface area contributed by atoms with Gasteiger partial charge in [0.1, 0.15) is 29.9 Å².